The van der Waals surface area contributed by atoms with Crippen molar-refractivity contribution in [3.8, 4) is 0 Å². The van der Waals surface area contributed by atoms with Crippen molar-refractivity contribution in [3.05, 3.63) is 28.4 Å². The second-order valence-electron chi connectivity index (χ2n) is 3.61. The van der Waals surface area contributed by atoms with Crippen LogP contribution < -0.4 is 5.32 Å². The lowest BCUT2D eigenvalue weighted by atomic mass is 10.3. The van der Waals surface area contributed by atoms with Crippen LogP contribution >= 0.6 is 0 Å². The van der Waals surface area contributed by atoms with Gasteiger partial charge in [-0.2, -0.15) is 0 Å². The second-order valence-corrected chi connectivity index (χ2v) is 3.61. The van der Waals surface area contributed by atoms with Crippen LogP contribution in [0.4, 0.5) is 11.5 Å². The largest absolute Gasteiger partial charge is 0.376 e. The Morgan fingerprint density at radius 3 is 3.18 bits per heavy atom. The van der Waals surface area contributed by atoms with E-state index < -0.39 is 4.92 Å². The number of anilines is 1. The Bertz CT molecular complexity index is 393. The molecule has 1 unspecified atom stereocenters. The van der Waals surface area contributed by atoms with Crippen molar-refractivity contribution in [2.24, 2.45) is 0 Å². The number of hydrogen-bond donors (Lipinski definition) is 1. The van der Waals surface area contributed by atoms with E-state index in [1.165, 1.54) is 18.3 Å². The quantitative estimate of drug-likeness (QED) is 0.618. The molecular weight excluding hydrogens is 226 g/mol. The third-order valence-corrected chi connectivity index (χ3v) is 2.35. The normalized spacial score (nSPS) is 19.9. The second kappa shape index (κ2) is 5.55. The van der Waals surface area contributed by atoms with Crippen LogP contribution in [0, 0.1) is 10.1 Å². The minimum Gasteiger partial charge on any atom is -0.376 e. The fourth-order valence-corrected chi connectivity index (χ4v) is 1.50. The molecule has 1 fully saturated rings. The first-order valence-corrected chi connectivity index (χ1v) is 5.29. The van der Waals surface area contributed by atoms with Crippen molar-refractivity contribution >= 4 is 11.5 Å². The average molecular weight is 239 g/mol. The Kier molecular flexibility index (Phi) is 3.84. The van der Waals surface area contributed by atoms with E-state index in [0.717, 1.165) is 0 Å². The van der Waals surface area contributed by atoms with Gasteiger partial charge in [-0.25, -0.2) is 4.98 Å². The van der Waals surface area contributed by atoms with Gasteiger partial charge in [-0.1, -0.05) is 0 Å². The molecule has 0 radical (unpaired) electrons. The van der Waals surface area contributed by atoms with Gasteiger partial charge in [0.1, 0.15) is 5.82 Å². The van der Waals surface area contributed by atoms with Crippen LogP contribution in [0.3, 0.4) is 0 Å². The number of hydrogen-bond acceptors (Lipinski definition) is 6. The van der Waals surface area contributed by atoms with E-state index in [1.54, 1.807) is 0 Å². The Labute approximate surface area is 97.9 Å². The Balaban J connectivity index is 1.89. The zero-order valence-corrected chi connectivity index (χ0v) is 9.17. The van der Waals surface area contributed by atoms with Gasteiger partial charge in [0.15, 0.2) is 0 Å². The van der Waals surface area contributed by atoms with Gasteiger partial charge in [-0.15, -0.1) is 0 Å². The number of nitrogens with zero attached hydrogens (tertiary/aromatic N) is 2. The van der Waals surface area contributed by atoms with Crippen LogP contribution in [-0.2, 0) is 9.47 Å². The smallest absolute Gasteiger partial charge is 0.274 e. The molecule has 92 valence electrons. The summed E-state index contributed by atoms with van der Waals surface area (Å²) in [5.41, 5.74) is 0.0170. The molecule has 2 rings (SSSR count). The monoisotopic (exact) mass is 239 g/mol. The van der Waals surface area contributed by atoms with Gasteiger partial charge in [0, 0.05) is 18.8 Å². The summed E-state index contributed by atoms with van der Waals surface area (Å²) in [6.07, 6.45) is 1.36. The van der Waals surface area contributed by atoms with Crippen molar-refractivity contribution in [1.29, 1.82) is 0 Å². The molecule has 1 aliphatic heterocycles. The topological polar surface area (TPSA) is 86.5 Å². The molecule has 0 bridgehead atoms. The number of ether oxygens (including phenoxy) is 2. The van der Waals surface area contributed by atoms with E-state index >= 15 is 0 Å². The van der Waals surface area contributed by atoms with E-state index in [2.05, 4.69) is 10.3 Å². The van der Waals surface area contributed by atoms with Gasteiger partial charge in [-0.05, 0) is 0 Å². The molecule has 0 amide bonds. The van der Waals surface area contributed by atoms with E-state index in [0.29, 0.717) is 32.2 Å². The lowest BCUT2D eigenvalue weighted by Crippen LogP contribution is -2.34. The maximum atomic E-state index is 10.6. The van der Waals surface area contributed by atoms with Crippen LogP contribution in [-0.4, -0.2) is 42.4 Å². The first-order chi connectivity index (χ1) is 8.25. The Hall–Kier alpha value is -1.73. The molecule has 1 N–H and O–H groups in total. The maximum Gasteiger partial charge on any atom is 0.274 e. The fraction of sp³-hybridized carbons (Fsp3) is 0.500. The molecule has 1 aromatic rings. The number of nitrogens with one attached hydrogen (secondary N) is 1. The van der Waals surface area contributed by atoms with Crippen LogP contribution in [0.15, 0.2) is 18.3 Å². The molecule has 7 nitrogen and oxygen atoms in total. The van der Waals surface area contributed by atoms with Crippen LogP contribution in [0.1, 0.15) is 0 Å². The molecular formula is C10H13N3O4. The minimum absolute atomic E-state index is 0.0170. The molecule has 0 spiro atoms. The molecule has 17 heavy (non-hydrogen) atoms. The first-order valence-electron chi connectivity index (χ1n) is 5.29. The van der Waals surface area contributed by atoms with Crippen LogP contribution in [0.2, 0.25) is 0 Å². The zero-order valence-electron chi connectivity index (χ0n) is 9.17. The zero-order chi connectivity index (χ0) is 12.1. The molecule has 1 aromatic heterocycles. The molecule has 1 atom stereocenters. The average Bonchev–Trinajstić information content (AvgIpc) is 2.38. The van der Waals surface area contributed by atoms with Crippen LogP contribution in [0.25, 0.3) is 0 Å². The fourth-order valence-electron chi connectivity index (χ4n) is 1.50. The van der Waals surface area contributed by atoms with Crippen LogP contribution in [0.5, 0.6) is 0 Å². The highest BCUT2D eigenvalue weighted by molar-refractivity contribution is 5.44. The lowest BCUT2D eigenvalue weighted by Gasteiger charge is -2.23. The number of aromatic nitrogens is 1. The molecule has 2 heterocycles. The molecule has 1 saturated heterocycles. The van der Waals surface area contributed by atoms with Gasteiger partial charge in [-0.3, -0.25) is 10.1 Å². The molecule has 0 aliphatic carbocycles. The highest BCUT2D eigenvalue weighted by Gasteiger charge is 2.14. The summed E-state index contributed by atoms with van der Waals surface area (Å²) in [4.78, 5) is 14.1. The number of rotatable bonds is 4. The van der Waals surface area contributed by atoms with Crippen molar-refractivity contribution in [3.63, 3.8) is 0 Å². The highest BCUT2D eigenvalue weighted by atomic mass is 16.6. The van der Waals surface area contributed by atoms with E-state index in [-0.39, 0.29) is 11.8 Å². The Morgan fingerprint density at radius 2 is 2.47 bits per heavy atom. The van der Waals surface area contributed by atoms with Gasteiger partial charge in [0.2, 0.25) is 0 Å². The van der Waals surface area contributed by atoms with Crippen molar-refractivity contribution in [2.45, 2.75) is 6.10 Å². The van der Waals surface area contributed by atoms with Gasteiger partial charge < -0.3 is 14.8 Å². The molecule has 0 saturated carbocycles. The SMILES string of the molecule is O=[N+]([O-])c1ccnc(NCC2COCCO2)c1. The summed E-state index contributed by atoms with van der Waals surface area (Å²) in [5, 5.41) is 13.6. The lowest BCUT2D eigenvalue weighted by molar-refractivity contribution is -0.384. The maximum absolute atomic E-state index is 10.6. The van der Waals surface area contributed by atoms with Crippen molar-refractivity contribution in [1.82, 2.24) is 4.98 Å². The third-order valence-electron chi connectivity index (χ3n) is 2.35. The molecule has 7 heteroatoms. The molecule has 0 aromatic carbocycles. The van der Waals surface area contributed by atoms with Gasteiger partial charge in [0.05, 0.1) is 36.9 Å². The predicted molar refractivity (Wildman–Crippen MR) is 59.9 cm³/mol. The van der Waals surface area contributed by atoms with Crippen molar-refractivity contribution < 1.29 is 14.4 Å². The predicted octanol–water partition coefficient (Wildman–Crippen LogP) is 0.817. The van der Waals surface area contributed by atoms with Crippen molar-refractivity contribution in [2.75, 3.05) is 31.7 Å². The summed E-state index contributed by atoms with van der Waals surface area (Å²) in [5.74, 6) is 0.466. The summed E-state index contributed by atoms with van der Waals surface area (Å²) in [7, 11) is 0. The van der Waals surface area contributed by atoms with E-state index in [9.17, 15) is 10.1 Å². The first kappa shape index (κ1) is 11.7. The summed E-state index contributed by atoms with van der Waals surface area (Å²) >= 11 is 0. The minimum atomic E-state index is -0.451. The standard InChI is InChI=1S/C10H13N3O4/c14-13(15)8-1-2-11-10(5-8)12-6-9-7-16-3-4-17-9/h1-2,5,9H,3-4,6-7H2,(H,11,12). The summed E-state index contributed by atoms with van der Waals surface area (Å²) < 4.78 is 10.7. The van der Waals surface area contributed by atoms with Gasteiger partial charge >= 0.3 is 0 Å². The number of nitro groups is 1. The molecule has 1 aliphatic rings. The van der Waals surface area contributed by atoms with E-state index in [4.69, 9.17) is 9.47 Å². The highest BCUT2D eigenvalue weighted by Crippen LogP contribution is 2.14. The van der Waals surface area contributed by atoms with Gasteiger partial charge in [0.25, 0.3) is 5.69 Å². The number of pyridine rings is 1. The Morgan fingerprint density at radius 1 is 1.59 bits per heavy atom. The van der Waals surface area contributed by atoms with E-state index in [1.807, 2.05) is 0 Å². The third kappa shape index (κ3) is 3.36. The summed E-state index contributed by atoms with van der Waals surface area (Å²) in [6.45, 7) is 2.25. The summed E-state index contributed by atoms with van der Waals surface area (Å²) in [6, 6.07) is 2.75.